The third-order valence-electron chi connectivity index (χ3n) is 3.34. The van der Waals surface area contributed by atoms with Crippen molar-refractivity contribution < 1.29 is 9.53 Å². The fourth-order valence-electron chi connectivity index (χ4n) is 2.46. The third kappa shape index (κ3) is 3.86. The fraction of sp³-hybridized carbons (Fsp3) is 0.500. The minimum atomic E-state index is -0.173. The van der Waals surface area contributed by atoms with Gasteiger partial charge in [-0.15, -0.1) is 0 Å². The molecule has 1 unspecified atom stereocenters. The molecule has 0 heterocycles. The van der Waals surface area contributed by atoms with E-state index in [9.17, 15) is 4.79 Å². The summed E-state index contributed by atoms with van der Waals surface area (Å²) in [6, 6.07) is 8.40. The van der Waals surface area contributed by atoms with Gasteiger partial charge < -0.3 is 4.74 Å². The van der Waals surface area contributed by atoms with Crippen LogP contribution in [0.4, 0.5) is 0 Å². The first kappa shape index (κ1) is 13.1. The Labute approximate surface area is 109 Å². The maximum Gasteiger partial charge on any atom is 0.302 e. The van der Waals surface area contributed by atoms with Crippen LogP contribution in [0.2, 0.25) is 0 Å². The Morgan fingerprint density at radius 2 is 2.06 bits per heavy atom. The zero-order valence-corrected chi connectivity index (χ0v) is 10.9. The second-order valence-electron chi connectivity index (χ2n) is 4.88. The van der Waals surface area contributed by atoms with E-state index in [-0.39, 0.29) is 12.1 Å². The zero-order chi connectivity index (χ0) is 12.8. The molecule has 0 aliphatic heterocycles. The minimum absolute atomic E-state index is 0.0294. The van der Waals surface area contributed by atoms with E-state index < -0.39 is 0 Å². The molecule has 0 aromatic heterocycles. The summed E-state index contributed by atoms with van der Waals surface area (Å²) in [5.41, 5.74) is 2.61. The lowest BCUT2D eigenvalue weighted by Crippen LogP contribution is -2.20. The Morgan fingerprint density at radius 1 is 1.28 bits per heavy atom. The molecule has 0 saturated heterocycles. The molecular weight excluding hydrogens is 224 g/mol. The van der Waals surface area contributed by atoms with Gasteiger partial charge in [-0.25, -0.2) is 0 Å². The van der Waals surface area contributed by atoms with Gasteiger partial charge in [-0.1, -0.05) is 30.7 Å². The van der Waals surface area contributed by atoms with Gasteiger partial charge in [0.2, 0.25) is 0 Å². The topological polar surface area (TPSA) is 26.3 Å². The number of fused-ring (bicyclic) bond motifs is 1. The van der Waals surface area contributed by atoms with Crippen LogP contribution in [0.5, 0.6) is 0 Å². The van der Waals surface area contributed by atoms with Gasteiger partial charge in [0.15, 0.2) is 0 Å². The lowest BCUT2D eigenvalue weighted by atomic mass is 9.93. The number of carbonyl (C=O) groups is 1. The van der Waals surface area contributed by atoms with Crippen molar-refractivity contribution in [1.29, 1.82) is 0 Å². The normalized spacial score (nSPS) is 20.8. The quantitative estimate of drug-likeness (QED) is 0.708. The van der Waals surface area contributed by atoms with Crippen LogP contribution in [-0.2, 0) is 22.4 Å². The van der Waals surface area contributed by atoms with Crippen LogP contribution in [0.3, 0.4) is 0 Å². The van der Waals surface area contributed by atoms with Crippen molar-refractivity contribution in [2.24, 2.45) is 0 Å². The maximum absolute atomic E-state index is 11.1. The predicted octanol–water partition coefficient (Wildman–Crippen LogP) is 3.36. The highest BCUT2D eigenvalue weighted by molar-refractivity contribution is 5.66. The molecule has 0 amide bonds. The van der Waals surface area contributed by atoms with Gasteiger partial charge in [-0.2, -0.15) is 0 Å². The predicted molar refractivity (Wildman–Crippen MR) is 71.1 cm³/mol. The van der Waals surface area contributed by atoms with Crippen molar-refractivity contribution in [2.75, 3.05) is 0 Å². The molecule has 0 bridgehead atoms. The van der Waals surface area contributed by atoms with Crippen molar-refractivity contribution in [2.45, 2.75) is 51.6 Å². The molecule has 1 aliphatic carbocycles. The molecule has 0 fully saturated rings. The van der Waals surface area contributed by atoms with Crippen LogP contribution in [-0.4, -0.2) is 12.1 Å². The number of ether oxygens (including phenoxy) is 1. The van der Waals surface area contributed by atoms with Gasteiger partial charge in [0, 0.05) is 13.3 Å². The van der Waals surface area contributed by atoms with Gasteiger partial charge in [-0.05, 0) is 43.2 Å². The van der Waals surface area contributed by atoms with Gasteiger partial charge in [0.05, 0.1) is 0 Å². The standard InChI is InChI=1S/C16H20O2/c1-13(17)18-16-11-5-3-2-4-8-14-9-6-7-10-15(14)12-16/h6-7,9-10,16H,2-3,5,8,11-12H2,1H3. The highest BCUT2D eigenvalue weighted by atomic mass is 16.5. The number of esters is 1. The minimum Gasteiger partial charge on any atom is -0.462 e. The van der Waals surface area contributed by atoms with Crippen LogP contribution in [0, 0.1) is 6.42 Å². The lowest BCUT2D eigenvalue weighted by Gasteiger charge is -2.20. The molecule has 2 heteroatoms. The largest absolute Gasteiger partial charge is 0.462 e. The Hall–Kier alpha value is -1.31. The van der Waals surface area contributed by atoms with Gasteiger partial charge >= 0.3 is 5.97 Å². The van der Waals surface area contributed by atoms with Gasteiger partial charge in [0.25, 0.3) is 0 Å². The summed E-state index contributed by atoms with van der Waals surface area (Å²) in [7, 11) is 0. The van der Waals surface area contributed by atoms with E-state index in [2.05, 4.69) is 30.7 Å². The van der Waals surface area contributed by atoms with Gasteiger partial charge in [-0.3, -0.25) is 4.79 Å². The third-order valence-corrected chi connectivity index (χ3v) is 3.34. The molecular formula is C16H20O2. The van der Waals surface area contributed by atoms with Gasteiger partial charge in [0.1, 0.15) is 6.10 Å². The summed E-state index contributed by atoms with van der Waals surface area (Å²) >= 11 is 0. The molecule has 1 aromatic carbocycles. The van der Waals surface area contributed by atoms with Crippen LogP contribution in [0.15, 0.2) is 24.3 Å². The molecule has 1 aromatic rings. The Bertz CT molecular complexity index is 398. The maximum atomic E-state index is 11.1. The molecule has 0 N–H and O–H groups in total. The van der Waals surface area contributed by atoms with E-state index in [1.54, 1.807) is 0 Å². The molecule has 2 rings (SSSR count). The number of rotatable bonds is 1. The van der Waals surface area contributed by atoms with Crippen molar-refractivity contribution in [3.63, 3.8) is 0 Å². The van der Waals surface area contributed by atoms with Crippen LogP contribution < -0.4 is 0 Å². The van der Waals surface area contributed by atoms with E-state index in [1.807, 2.05) is 0 Å². The second-order valence-corrected chi connectivity index (χ2v) is 4.88. The van der Waals surface area contributed by atoms with E-state index in [0.29, 0.717) is 0 Å². The SMILES string of the molecule is CC(=O)OC1CCCC[C]Cc2ccccc2C1. The number of benzene rings is 1. The highest BCUT2D eigenvalue weighted by Crippen LogP contribution is 2.20. The molecule has 0 saturated carbocycles. The van der Waals surface area contributed by atoms with Crippen LogP contribution in [0.25, 0.3) is 0 Å². The summed E-state index contributed by atoms with van der Waals surface area (Å²) in [5.74, 6) is -0.173. The van der Waals surface area contributed by atoms with Crippen LogP contribution >= 0.6 is 0 Å². The zero-order valence-electron chi connectivity index (χ0n) is 10.9. The van der Waals surface area contributed by atoms with E-state index in [1.165, 1.54) is 18.1 Å². The fourth-order valence-corrected chi connectivity index (χ4v) is 2.46. The first-order valence-electron chi connectivity index (χ1n) is 6.70. The summed E-state index contributed by atoms with van der Waals surface area (Å²) in [6.45, 7) is 1.49. The summed E-state index contributed by atoms with van der Waals surface area (Å²) < 4.78 is 5.42. The van der Waals surface area contributed by atoms with E-state index in [4.69, 9.17) is 4.74 Å². The Balaban J connectivity index is 2.14. The monoisotopic (exact) mass is 244 g/mol. The molecule has 1 atom stereocenters. The Morgan fingerprint density at radius 3 is 2.83 bits per heavy atom. The summed E-state index contributed by atoms with van der Waals surface area (Å²) in [4.78, 5) is 11.1. The molecule has 1 aliphatic rings. The molecule has 2 nitrogen and oxygen atoms in total. The molecule has 18 heavy (non-hydrogen) atoms. The Kier molecular flexibility index (Phi) is 4.80. The van der Waals surface area contributed by atoms with Crippen molar-refractivity contribution in [1.82, 2.24) is 0 Å². The van der Waals surface area contributed by atoms with Crippen molar-refractivity contribution in [3.05, 3.63) is 41.8 Å². The summed E-state index contributed by atoms with van der Waals surface area (Å²) in [6.07, 6.45) is 9.45. The lowest BCUT2D eigenvalue weighted by molar-refractivity contribution is -0.146. The highest BCUT2D eigenvalue weighted by Gasteiger charge is 2.16. The van der Waals surface area contributed by atoms with Crippen molar-refractivity contribution >= 4 is 5.97 Å². The average molecular weight is 244 g/mol. The van der Waals surface area contributed by atoms with E-state index in [0.717, 1.165) is 38.5 Å². The second kappa shape index (κ2) is 6.58. The molecule has 0 spiro atoms. The first-order chi connectivity index (χ1) is 8.75. The smallest absolute Gasteiger partial charge is 0.302 e. The molecule has 96 valence electrons. The summed E-state index contributed by atoms with van der Waals surface area (Å²) in [5, 5.41) is 0. The van der Waals surface area contributed by atoms with Crippen molar-refractivity contribution in [3.8, 4) is 0 Å². The average Bonchev–Trinajstić information content (AvgIpc) is 2.35. The number of hydrogen-bond donors (Lipinski definition) is 0. The van der Waals surface area contributed by atoms with Crippen LogP contribution in [0.1, 0.15) is 43.7 Å². The molecule has 2 radical (unpaired) electrons. The number of carbonyl (C=O) groups excluding carboxylic acids is 1. The van der Waals surface area contributed by atoms with E-state index >= 15 is 0 Å². The first-order valence-corrected chi connectivity index (χ1v) is 6.70. The number of hydrogen-bond acceptors (Lipinski definition) is 2.